The normalized spacial score (nSPS) is 10.8. The summed E-state index contributed by atoms with van der Waals surface area (Å²) >= 11 is 0. The van der Waals surface area contributed by atoms with Crippen molar-refractivity contribution in [3.8, 4) is 0 Å². The Hall–Kier alpha value is -1.35. The molecule has 0 aliphatic rings. The van der Waals surface area contributed by atoms with Gasteiger partial charge in [0.05, 0.1) is 0 Å². The molecule has 1 aromatic carbocycles. The quantitative estimate of drug-likeness (QED) is 0.724. The molecule has 2 rings (SSSR count). The SMILES string of the molecule is NCCc1nc2ccccc2o1. The second-order valence-corrected chi connectivity index (χ2v) is 2.61. The first-order chi connectivity index (χ1) is 5.90. The highest BCUT2D eigenvalue weighted by molar-refractivity contribution is 5.72. The average Bonchev–Trinajstić information content (AvgIpc) is 2.47. The Morgan fingerprint density at radius 1 is 1.33 bits per heavy atom. The van der Waals surface area contributed by atoms with Crippen LogP contribution in [0.2, 0.25) is 0 Å². The van der Waals surface area contributed by atoms with Gasteiger partial charge in [-0.3, -0.25) is 0 Å². The van der Waals surface area contributed by atoms with Crippen LogP contribution in [0, 0.1) is 0 Å². The Labute approximate surface area is 70.2 Å². The fraction of sp³-hybridized carbons (Fsp3) is 0.222. The second-order valence-electron chi connectivity index (χ2n) is 2.61. The maximum Gasteiger partial charge on any atom is 0.196 e. The topological polar surface area (TPSA) is 52.0 Å². The minimum Gasteiger partial charge on any atom is -0.441 e. The van der Waals surface area contributed by atoms with Crippen LogP contribution in [0.1, 0.15) is 5.89 Å². The monoisotopic (exact) mass is 162 g/mol. The van der Waals surface area contributed by atoms with Gasteiger partial charge in [0, 0.05) is 13.0 Å². The van der Waals surface area contributed by atoms with Crippen LogP contribution >= 0.6 is 0 Å². The van der Waals surface area contributed by atoms with Crippen LogP contribution in [0.4, 0.5) is 0 Å². The van der Waals surface area contributed by atoms with E-state index in [9.17, 15) is 0 Å². The van der Waals surface area contributed by atoms with E-state index in [1.165, 1.54) is 0 Å². The van der Waals surface area contributed by atoms with E-state index < -0.39 is 0 Å². The van der Waals surface area contributed by atoms with Gasteiger partial charge in [-0.05, 0) is 12.1 Å². The molecule has 0 atom stereocenters. The molecule has 3 heteroatoms. The molecule has 0 aliphatic heterocycles. The van der Waals surface area contributed by atoms with Crippen LogP contribution < -0.4 is 5.73 Å². The van der Waals surface area contributed by atoms with E-state index in [2.05, 4.69) is 4.98 Å². The summed E-state index contributed by atoms with van der Waals surface area (Å²) in [6, 6.07) is 7.71. The summed E-state index contributed by atoms with van der Waals surface area (Å²) in [6.45, 7) is 0.576. The Balaban J connectivity index is 2.47. The Morgan fingerprint density at radius 3 is 2.92 bits per heavy atom. The summed E-state index contributed by atoms with van der Waals surface area (Å²) in [5, 5.41) is 0. The van der Waals surface area contributed by atoms with Crippen molar-refractivity contribution >= 4 is 11.1 Å². The molecule has 12 heavy (non-hydrogen) atoms. The fourth-order valence-electron chi connectivity index (χ4n) is 1.15. The molecule has 0 bridgehead atoms. The van der Waals surface area contributed by atoms with Gasteiger partial charge in [-0.1, -0.05) is 12.1 Å². The van der Waals surface area contributed by atoms with E-state index in [0.29, 0.717) is 13.0 Å². The van der Waals surface area contributed by atoms with Crippen LogP contribution in [0.5, 0.6) is 0 Å². The predicted octanol–water partition coefficient (Wildman–Crippen LogP) is 1.33. The molecule has 2 N–H and O–H groups in total. The van der Waals surface area contributed by atoms with E-state index in [0.717, 1.165) is 17.0 Å². The molecule has 0 fully saturated rings. The minimum atomic E-state index is 0.576. The van der Waals surface area contributed by atoms with Crippen LogP contribution in [-0.2, 0) is 6.42 Å². The molecular weight excluding hydrogens is 152 g/mol. The fourth-order valence-corrected chi connectivity index (χ4v) is 1.15. The number of nitrogens with two attached hydrogens (primary N) is 1. The first-order valence-corrected chi connectivity index (χ1v) is 3.94. The molecule has 0 spiro atoms. The largest absolute Gasteiger partial charge is 0.441 e. The molecule has 2 aromatic rings. The van der Waals surface area contributed by atoms with Crippen molar-refractivity contribution in [3.05, 3.63) is 30.2 Å². The maximum absolute atomic E-state index is 5.42. The third-order valence-corrected chi connectivity index (χ3v) is 1.70. The van der Waals surface area contributed by atoms with Gasteiger partial charge in [0.1, 0.15) is 5.52 Å². The summed E-state index contributed by atoms with van der Waals surface area (Å²) in [7, 11) is 0. The highest BCUT2D eigenvalue weighted by Gasteiger charge is 2.02. The Morgan fingerprint density at radius 2 is 2.17 bits per heavy atom. The van der Waals surface area contributed by atoms with E-state index in [-0.39, 0.29) is 0 Å². The number of para-hydroxylation sites is 2. The molecule has 62 valence electrons. The number of aromatic nitrogens is 1. The van der Waals surface area contributed by atoms with E-state index in [4.69, 9.17) is 10.2 Å². The number of oxazole rings is 1. The minimum absolute atomic E-state index is 0.576. The van der Waals surface area contributed by atoms with Gasteiger partial charge in [0.2, 0.25) is 0 Å². The van der Waals surface area contributed by atoms with Crippen molar-refractivity contribution in [1.82, 2.24) is 4.98 Å². The number of benzene rings is 1. The van der Waals surface area contributed by atoms with E-state index in [1.54, 1.807) is 0 Å². The number of hydrogen-bond acceptors (Lipinski definition) is 3. The molecule has 0 unspecified atom stereocenters. The van der Waals surface area contributed by atoms with Gasteiger partial charge in [0.25, 0.3) is 0 Å². The molecule has 0 amide bonds. The van der Waals surface area contributed by atoms with Crippen LogP contribution in [0.25, 0.3) is 11.1 Å². The molecule has 1 heterocycles. The van der Waals surface area contributed by atoms with Gasteiger partial charge in [-0.15, -0.1) is 0 Å². The van der Waals surface area contributed by atoms with Gasteiger partial charge in [-0.2, -0.15) is 0 Å². The van der Waals surface area contributed by atoms with E-state index in [1.807, 2.05) is 24.3 Å². The average molecular weight is 162 g/mol. The molecule has 0 saturated heterocycles. The highest BCUT2D eigenvalue weighted by atomic mass is 16.3. The van der Waals surface area contributed by atoms with Crippen LogP contribution in [0.15, 0.2) is 28.7 Å². The Kier molecular flexibility index (Phi) is 1.80. The van der Waals surface area contributed by atoms with Crippen molar-refractivity contribution in [2.45, 2.75) is 6.42 Å². The third kappa shape index (κ3) is 1.19. The summed E-state index contributed by atoms with van der Waals surface area (Å²) in [5.74, 6) is 0.721. The first-order valence-electron chi connectivity index (χ1n) is 3.94. The number of nitrogens with zero attached hydrogens (tertiary/aromatic N) is 1. The number of rotatable bonds is 2. The van der Waals surface area contributed by atoms with Crippen molar-refractivity contribution in [1.29, 1.82) is 0 Å². The van der Waals surface area contributed by atoms with Crippen LogP contribution in [0.3, 0.4) is 0 Å². The number of fused-ring (bicyclic) bond motifs is 1. The van der Waals surface area contributed by atoms with Gasteiger partial charge >= 0.3 is 0 Å². The lowest BCUT2D eigenvalue weighted by molar-refractivity contribution is 0.531. The second kappa shape index (κ2) is 2.95. The predicted molar refractivity (Wildman–Crippen MR) is 46.8 cm³/mol. The van der Waals surface area contributed by atoms with Crippen molar-refractivity contribution < 1.29 is 4.42 Å². The van der Waals surface area contributed by atoms with Crippen molar-refractivity contribution in [3.63, 3.8) is 0 Å². The lowest BCUT2D eigenvalue weighted by Crippen LogP contribution is -2.02. The highest BCUT2D eigenvalue weighted by Crippen LogP contribution is 2.14. The van der Waals surface area contributed by atoms with E-state index >= 15 is 0 Å². The zero-order valence-corrected chi connectivity index (χ0v) is 6.66. The third-order valence-electron chi connectivity index (χ3n) is 1.70. The molecular formula is C9H10N2O. The molecule has 3 nitrogen and oxygen atoms in total. The lowest BCUT2D eigenvalue weighted by atomic mass is 10.3. The lowest BCUT2D eigenvalue weighted by Gasteiger charge is -1.85. The van der Waals surface area contributed by atoms with Crippen molar-refractivity contribution in [2.75, 3.05) is 6.54 Å². The van der Waals surface area contributed by atoms with Crippen molar-refractivity contribution in [2.24, 2.45) is 5.73 Å². The maximum atomic E-state index is 5.42. The van der Waals surface area contributed by atoms with Gasteiger partial charge < -0.3 is 10.2 Å². The Bertz CT molecular complexity index is 348. The number of hydrogen-bond donors (Lipinski definition) is 1. The van der Waals surface area contributed by atoms with Gasteiger partial charge in [-0.25, -0.2) is 4.98 Å². The summed E-state index contributed by atoms with van der Waals surface area (Å²) in [6.07, 6.45) is 0.703. The van der Waals surface area contributed by atoms with Gasteiger partial charge in [0.15, 0.2) is 11.5 Å². The molecule has 0 saturated carbocycles. The summed E-state index contributed by atoms with van der Waals surface area (Å²) in [4.78, 5) is 4.26. The summed E-state index contributed by atoms with van der Waals surface area (Å²) < 4.78 is 5.42. The smallest absolute Gasteiger partial charge is 0.196 e. The molecule has 1 aromatic heterocycles. The molecule has 0 radical (unpaired) electrons. The molecule has 0 aliphatic carbocycles. The zero-order chi connectivity index (χ0) is 8.39. The standard InChI is InChI=1S/C9H10N2O/c10-6-5-9-11-7-3-1-2-4-8(7)12-9/h1-4H,5-6,10H2. The first kappa shape index (κ1) is 7.31. The van der Waals surface area contributed by atoms with Crippen LogP contribution in [-0.4, -0.2) is 11.5 Å². The summed E-state index contributed by atoms with van der Waals surface area (Å²) in [5.41, 5.74) is 7.12. The zero-order valence-electron chi connectivity index (χ0n) is 6.66.